The average molecular weight is 491 g/mol. The van der Waals surface area contributed by atoms with E-state index in [1.165, 1.54) is 6.92 Å². The number of aliphatic hydroxyl groups is 2. The highest BCUT2D eigenvalue weighted by Gasteiger charge is 2.53. The van der Waals surface area contributed by atoms with E-state index in [1.54, 1.807) is 0 Å². The number of benzene rings is 1. The van der Waals surface area contributed by atoms with Gasteiger partial charge in [-0.3, -0.25) is 14.5 Å². The molecular formula is C21H18ClF4N3O4. The van der Waals surface area contributed by atoms with E-state index in [9.17, 15) is 37.4 Å². The molecule has 176 valence electrons. The number of carbonyl (C=O) groups excluding carboxylic acids is 2. The molecule has 3 atom stereocenters. The number of halogens is 5. The van der Waals surface area contributed by atoms with Gasteiger partial charge < -0.3 is 15.1 Å². The van der Waals surface area contributed by atoms with E-state index in [0.717, 1.165) is 6.07 Å². The van der Waals surface area contributed by atoms with Gasteiger partial charge in [-0.25, -0.2) is 22.5 Å². The van der Waals surface area contributed by atoms with Gasteiger partial charge in [0.05, 0.1) is 10.7 Å². The van der Waals surface area contributed by atoms with Gasteiger partial charge in [-0.1, -0.05) is 11.6 Å². The summed E-state index contributed by atoms with van der Waals surface area (Å²) in [5.41, 5.74) is -1.15. The minimum absolute atomic E-state index is 0.000428. The second kappa shape index (κ2) is 7.93. The monoisotopic (exact) mass is 490 g/mol. The number of hydrogen-bond acceptors (Lipinski definition) is 5. The van der Waals surface area contributed by atoms with Crippen molar-refractivity contribution in [2.75, 3.05) is 16.8 Å². The summed E-state index contributed by atoms with van der Waals surface area (Å²) in [7, 11) is 0. The zero-order valence-electron chi connectivity index (χ0n) is 19.8. The van der Waals surface area contributed by atoms with Crippen LogP contribution in [0.3, 0.4) is 0 Å². The number of aromatic nitrogens is 1. The molecule has 0 spiro atoms. The van der Waals surface area contributed by atoms with Crippen LogP contribution in [0.4, 0.5) is 29.1 Å². The number of anilines is 2. The number of fused-ring (bicyclic) bond motifs is 1. The van der Waals surface area contributed by atoms with Crippen LogP contribution < -0.4 is 9.80 Å². The molecule has 7 nitrogen and oxygen atoms in total. The minimum atomic E-state index is -3.45. The zero-order valence-corrected chi connectivity index (χ0v) is 17.6. The predicted molar refractivity (Wildman–Crippen MR) is 109 cm³/mol. The Bertz CT molecular complexity index is 1280. The number of nitrogens with zero attached hydrogens (tertiary/aromatic N) is 3. The number of hydrogen-bond donors (Lipinski definition) is 2. The van der Waals surface area contributed by atoms with Gasteiger partial charge in [0.1, 0.15) is 29.6 Å². The van der Waals surface area contributed by atoms with Gasteiger partial charge in [0.2, 0.25) is 0 Å². The highest BCUT2D eigenvalue weighted by molar-refractivity contribution is 6.31. The summed E-state index contributed by atoms with van der Waals surface area (Å²) in [6, 6.07) is -0.623. The first kappa shape index (κ1) is 19.7. The molecule has 4 rings (SSSR count). The maximum Gasteiger partial charge on any atom is 0.274 e. The van der Waals surface area contributed by atoms with Gasteiger partial charge in [-0.2, -0.15) is 0 Å². The lowest BCUT2D eigenvalue weighted by atomic mass is 10.1. The molecule has 0 saturated carbocycles. The highest BCUT2D eigenvalue weighted by Crippen LogP contribution is 2.44. The summed E-state index contributed by atoms with van der Waals surface area (Å²) in [5.74, 6) is -9.52. The summed E-state index contributed by atoms with van der Waals surface area (Å²) >= 11 is 5.64. The van der Waals surface area contributed by atoms with Crippen LogP contribution >= 0.6 is 11.6 Å². The molecule has 33 heavy (non-hydrogen) atoms. The molecule has 1 fully saturated rings. The molecule has 0 radical (unpaired) electrons. The van der Waals surface area contributed by atoms with Crippen LogP contribution in [0, 0.1) is 18.6 Å². The standard InChI is InChI=1S/C21H18ClF4N3O4/c1-8-9-3-4-21(25,26)10(9)5-15(27-8)29-16(17(30)18(31)20(29)33)19(32)28(2)14-6-11(22)12(23)7-13(14)24/h5-7,16-18,30-31H,3-4H2,1-2H3/t16-,17-,18-/m0/s1/i2D3. The van der Waals surface area contributed by atoms with E-state index in [4.69, 9.17) is 15.7 Å². The fraction of sp³-hybridized carbons (Fsp3) is 0.381. The molecule has 2 aliphatic rings. The summed E-state index contributed by atoms with van der Waals surface area (Å²) < 4.78 is 80.4. The lowest BCUT2D eigenvalue weighted by molar-refractivity contribution is -0.126. The first-order chi connectivity index (χ1) is 16.6. The van der Waals surface area contributed by atoms with Crippen molar-refractivity contribution in [3.05, 3.63) is 51.7 Å². The van der Waals surface area contributed by atoms with Gasteiger partial charge >= 0.3 is 0 Å². The summed E-state index contributed by atoms with van der Waals surface area (Å²) in [5, 5.41) is 20.0. The van der Waals surface area contributed by atoms with Crippen molar-refractivity contribution in [3.63, 3.8) is 0 Å². The van der Waals surface area contributed by atoms with E-state index >= 15 is 0 Å². The first-order valence-corrected chi connectivity index (χ1v) is 10.0. The topological polar surface area (TPSA) is 94.0 Å². The fourth-order valence-corrected chi connectivity index (χ4v) is 4.22. The molecule has 1 aromatic heterocycles. The Kier molecular flexibility index (Phi) is 4.73. The van der Waals surface area contributed by atoms with Crippen molar-refractivity contribution < 1.29 is 41.5 Å². The van der Waals surface area contributed by atoms with Gasteiger partial charge in [-0.05, 0) is 31.0 Å². The van der Waals surface area contributed by atoms with Gasteiger partial charge in [-0.15, -0.1) is 0 Å². The third kappa shape index (κ3) is 3.64. The lowest BCUT2D eigenvalue weighted by Crippen LogP contribution is -2.50. The first-order valence-electron chi connectivity index (χ1n) is 11.1. The van der Waals surface area contributed by atoms with Crippen molar-refractivity contribution in [1.29, 1.82) is 0 Å². The Morgan fingerprint density at radius 3 is 2.67 bits per heavy atom. The smallest absolute Gasteiger partial charge is 0.274 e. The molecule has 1 aliphatic heterocycles. The molecular weight excluding hydrogens is 470 g/mol. The lowest BCUT2D eigenvalue weighted by Gasteiger charge is -2.29. The van der Waals surface area contributed by atoms with Crippen LogP contribution in [0.15, 0.2) is 18.2 Å². The third-order valence-electron chi connectivity index (χ3n) is 5.77. The second-order valence-corrected chi connectivity index (χ2v) is 8.18. The number of alkyl halides is 2. The molecule has 2 heterocycles. The van der Waals surface area contributed by atoms with E-state index in [-0.39, 0.29) is 28.6 Å². The van der Waals surface area contributed by atoms with E-state index in [2.05, 4.69) is 4.98 Å². The van der Waals surface area contributed by atoms with Gasteiger partial charge in [0.25, 0.3) is 17.7 Å². The highest BCUT2D eigenvalue weighted by atomic mass is 35.5. The van der Waals surface area contributed by atoms with Crippen LogP contribution in [0.2, 0.25) is 5.02 Å². The van der Waals surface area contributed by atoms with Crippen LogP contribution in [0.1, 0.15) is 27.4 Å². The fourth-order valence-electron chi connectivity index (χ4n) is 4.06. The van der Waals surface area contributed by atoms with Crippen molar-refractivity contribution in [2.24, 2.45) is 0 Å². The van der Waals surface area contributed by atoms with Crippen molar-refractivity contribution in [1.82, 2.24) is 4.98 Å². The van der Waals surface area contributed by atoms with E-state index < -0.39 is 83.1 Å². The van der Waals surface area contributed by atoms with Crippen LogP contribution in [0.5, 0.6) is 0 Å². The maximum absolute atomic E-state index is 14.6. The number of pyridine rings is 1. The summed E-state index contributed by atoms with van der Waals surface area (Å²) in [6.45, 7) is -2.06. The molecule has 0 unspecified atom stereocenters. The number of likely N-dealkylation sites (N-methyl/N-ethyl adjacent to an activating group) is 1. The molecule has 1 saturated heterocycles. The summed E-state index contributed by atoms with van der Waals surface area (Å²) in [6.07, 6.45) is -5.02. The SMILES string of the molecule is [2H]C([2H])([2H])N(C(=O)[C@@H]1[C@H](O)[C@H](O)C(=O)N1c1cc2c(c(C)n1)CCC2(F)F)c1cc(Cl)c(F)cc1F. The molecule has 0 bridgehead atoms. The number of aliphatic hydroxyl groups excluding tert-OH is 2. The molecule has 12 heteroatoms. The Morgan fingerprint density at radius 1 is 1.30 bits per heavy atom. The Balaban J connectivity index is 1.87. The largest absolute Gasteiger partial charge is 0.387 e. The van der Waals surface area contributed by atoms with Gasteiger partial charge in [0, 0.05) is 34.8 Å². The normalized spacial score (nSPS) is 25.5. The quantitative estimate of drug-likeness (QED) is 0.509. The van der Waals surface area contributed by atoms with Crippen molar-refractivity contribution in [3.8, 4) is 0 Å². The van der Waals surface area contributed by atoms with Crippen LogP contribution in [0.25, 0.3) is 0 Å². The predicted octanol–water partition coefficient (Wildman–Crippen LogP) is 2.46. The molecule has 2 aromatic rings. The average Bonchev–Trinajstić information content (AvgIpc) is 3.19. The zero-order chi connectivity index (χ0) is 26.9. The number of amides is 2. The Hall–Kier alpha value is -2.76. The minimum Gasteiger partial charge on any atom is -0.387 e. The molecule has 1 aliphatic carbocycles. The number of rotatable bonds is 3. The van der Waals surface area contributed by atoms with Crippen LogP contribution in [-0.2, 0) is 21.9 Å². The van der Waals surface area contributed by atoms with Gasteiger partial charge in [0.15, 0.2) is 6.10 Å². The van der Waals surface area contributed by atoms with E-state index in [1.807, 2.05) is 0 Å². The summed E-state index contributed by atoms with van der Waals surface area (Å²) in [4.78, 5) is 30.7. The molecule has 2 amide bonds. The van der Waals surface area contributed by atoms with Crippen LogP contribution in [-0.4, -0.2) is 52.2 Å². The molecule has 2 N–H and O–H groups in total. The maximum atomic E-state index is 14.6. The second-order valence-electron chi connectivity index (χ2n) is 7.78. The Labute approximate surface area is 194 Å². The molecule has 1 aromatic carbocycles. The Morgan fingerprint density at radius 2 is 2.00 bits per heavy atom. The van der Waals surface area contributed by atoms with E-state index in [0.29, 0.717) is 11.0 Å². The van der Waals surface area contributed by atoms with Crippen molar-refractivity contribution >= 4 is 34.9 Å². The number of aryl methyl sites for hydroxylation is 1. The van der Waals surface area contributed by atoms with Crippen molar-refractivity contribution in [2.45, 2.75) is 43.9 Å². The number of carbonyl (C=O) groups is 2. The third-order valence-corrected chi connectivity index (χ3v) is 6.06.